The SMILES string of the molecule is CC(C)c1cc(C#CCC2(N)CC2)ccc1N. The predicted octanol–water partition coefficient (Wildman–Crippen LogP) is 2.63. The maximum Gasteiger partial charge on any atom is 0.0350 e. The Kier molecular flexibility index (Phi) is 3.13. The Bertz CT molecular complexity index is 473. The van der Waals surface area contributed by atoms with Crippen LogP contribution in [0.15, 0.2) is 18.2 Å². The van der Waals surface area contributed by atoms with E-state index in [-0.39, 0.29) is 5.54 Å². The van der Waals surface area contributed by atoms with Crippen LogP contribution in [0.1, 0.15) is 50.2 Å². The lowest BCUT2D eigenvalue weighted by Crippen LogP contribution is -2.20. The summed E-state index contributed by atoms with van der Waals surface area (Å²) in [6, 6.07) is 6.00. The fraction of sp³-hybridized carbons (Fsp3) is 0.467. The quantitative estimate of drug-likeness (QED) is 0.604. The van der Waals surface area contributed by atoms with Crippen molar-refractivity contribution in [3.05, 3.63) is 29.3 Å². The van der Waals surface area contributed by atoms with E-state index in [4.69, 9.17) is 11.5 Å². The van der Waals surface area contributed by atoms with Gasteiger partial charge in [0.1, 0.15) is 0 Å². The Labute approximate surface area is 103 Å². The van der Waals surface area contributed by atoms with Crippen molar-refractivity contribution in [1.29, 1.82) is 0 Å². The predicted molar refractivity (Wildman–Crippen MR) is 72.6 cm³/mol. The van der Waals surface area contributed by atoms with Gasteiger partial charge in [-0.15, -0.1) is 0 Å². The van der Waals surface area contributed by atoms with Crippen LogP contribution in [-0.2, 0) is 0 Å². The lowest BCUT2D eigenvalue weighted by Gasteiger charge is -2.09. The molecule has 1 aliphatic carbocycles. The van der Waals surface area contributed by atoms with Crippen molar-refractivity contribution in [2.24, 2.45) is 5.73 Å². The fourth-order valence-corrected chi connectivity index (χ4v) is 1.81. The fourth-order valence-electron chi connectivity index (χ4n) is 1.81. The van der Waals surface area contributed by atoms with Gasteiger partial charge in [-0.2, -0.15) is 0 Å². The molecule has 0 aromatic heterocycles. The highest BCUT2D eigenvalue weighted by atomic mass is 14.8. The molecule has 0 atom stereocenters. The first-order valence-corrected chi connectivity index (χ1v) is 6.17. The van der Waals surface area contributed by atoms with Crippen LogP contribution in [0, 0.1) is 11.8 Å². The highest BCUT2D eigenvalue weighted by Gasteiger charge is 2.36. The van der Waals surface area contributed by atoms with Gasteiger partial charge in [-0.05, 0) is 42.5 Å². The third-order valence-corrected chi connectivity index (χ3v) is 3.27. The Balaban J connectivity index is 2.13. The maximum absolute atomic E-state index is 5.99. The summed E-state index contributed by atoms with van der Waals surface area (Å²) in [5.74, 6) is 6.78. The molecule has 0 bridgehead atoms. The van der Waals surface area contributed by atoms with Crippen molar-refractivity contribution in [2.75, 3.05) is 5.73 Å². The topological polar surface area (TPSA) is 52.0 Å². The van der Waals surface area contributed by atoms with Crippen molar-refractivity contribution in [3.63, 3.8) is 0 Å². The summed E-state index contributed by atoms with van der Waals surface area (Å²) in [5, 5.41) is 0. The highest BCUT2D eigenvalue weighted by molar-refractivity contribution is 5.53. The molecule has 1 aromatic carbocycles. The van der Waals surface area contributed by atoms with Gasteiger partial charge >= 0.3 is 0 Å². The van der Waals surface area contributed by atoms with E-state index in [9.17, 15) is 0 Å². The molecule has 0 spiro atoms. The third kappa shape index (κ3) is 3.01. The van der Waals surface area contributed by atoms with Gasteiger partial charge in [0, 0.05) is 23.2 Å². The molecule has 2 nitrogen and oxygen atoms in total. The van der Waals surface area contributed by atoms with Crippen LogP contribution >= 0.6 is 0 Å². The van der Waals surface area contributed by atoms with Gasteiger partial charge in [-0.3, -0.25) is 0 Å². The second-order valence-electron chi connectivity index (χ2n) is 5.34. The summed E-state index contributed by atoms with van der Waals surface area (Å²) in [5.41, 5.74) is 15.0. The first kappa shape index (κ1) is 12.0. The van der Waals surface area contributed by atoms with Gasteiger partial charge < -0.3 is 11.5 Å². The molecule has 1 aliphatic rings. The molecule has 90 valence electrons. The summed E-state index contributed by atoms with van der Waals surface area (Å²) in [6.45, 7) is 4.28. The summed E-state index contributed by atoms with van der Waals surface area (Å²) >= 11 is 0. The zero-order valence-electron chi connectivity index (χ0n) is 10.6. The molecule has 0 heterocycles. The molecule has 0 amide bonds. The number of anilines is 1. The molecule has 17 heavy (non-hydrogen) atoms. The number of hydrogen-bond donors (Lipinski definition) is 2. The van der Waals surface area contributed by atoms with Crippen LogP contribution in [0.5, 0.6) is 0 Å². The van der Waals surface area contributed by atoms with E-state index in [0.717, 1.165) is 30.5 Å². The Morgan fingerprint density at radius 1 is 1.35 bits per heavy atom. The van der Waals surface area contributed by atoms with Crippen LogP contribution in [0.3, 0.4) is 0 Å². The molecule has 2 rings (SSSR count). The first-order valence-electron chi connectivity index (χ1n) is 6.17. The zero-order valence-corrected chi connectivity index (χ0v) is 10.6. The van der Waals surface area contributed by atoms with Gasteiger partial charge in [-0.25, -0.2) is 0 Å². The van der Waals surface area contributed by atoms with Crippen LogP contribution in [0.25, 0.3) is 0 Å². The van der Waals surface area contributed by atoms with E-state index < -0.39 is 0 Å². The molecule has 1 saturated carbocycles. The molecule has 0 saturated heterocycles. The van der Waals surface area contributed by atoms with E-state index in [1.165, 1.54) is 5.56 Å². The number of rotatable bonds is 2. The average molecular weight is 228 g/mol. The lowest BCUT2D eigenvalue weighted by atomic mass is 9.99. The molecular weight excluding hydrogens is 208 g/mol. The van der Waals surface area contributed by atoms with Crippen molar-refractivity contribution < 1.29 is 0 Å². The summed E-state index contributed by atoms with van der Waals surface area (Å²) in [4.78, 5) is 0. The standard InChI is InChI=1S/C15H20N2/c1-11(2)13-10-12(5-6-14(13)16)4-3-7-15(17)8-9-15/h5-6,10-11H,7-9,16-17H2,1-2H3. The summed E-state index contributed by atoms with van der Waals surface area (Å²) in [7, 11) is 0. The third-order valence-electron chi connectivity index (χ3n) is 3.27. The lowest BCUT2D eigenvalue weighted by molar-refractivity contribution is 0.701. The minimum Gasteiger partial charge on any atom is -0.398 e. The van der Waals surface area contributed by atoms with Gasteiger partial charge in [0.2, 0.25) is 0 Å². The Hall–Kier alpha value is -1.46. The monoisotopic (exact) mass is 228 g/mol. The van der Waals surface area contributed by atoms with E-state index in [0.29, 0.717) is 5.92 Å². The largest absolute Gasteiger partial charge is 0.398 e. The molecule has 0 radical (unpaired) electrons. The number of nitrogens with two attached hydrogens (primary N) is 2. The summed E-state index contributed by atoms with van der Waals surface area (Å²) < 4.78 is 0. The average Bonchev–Trinajstić information content (AvgIpc) is 2.99. The Morgan fingerprint density at radius 2 is 2.06 bits per heavy atom. The minimum absolute atomic E-state index is 0.0156. The van der Waals surface area contributed by atoms with Gasteiger partial charge in [0.05, 0.1) is 0 Å². The molecule has 1 fully saturated rings. The first-order chi connectivity index (χ1) is 8.00. The molecule has 0 unspecified atom stereocenters. The van der Waals surface area contributed by atoms with Crippen LogP contribution in [-0.4, -0.2) is 5.54 Å². The zero-order chi connectivity index (χ0) is 12.5. The summed E-state index contributed by atoms with van der Waals surface area (Å²) in [6.07, 6.45) is 3.02. The van der Waals surface area contributed by atoms with Gasteiger partial charge in [-0.1, -0.05) is 25.7 Å². The molecule has 0 aliphatic heterocycles. The van der Waals surface area contributed by atoms with E-state index in [2.05, 4.69) is 31.8 Å². The molecule has 4 N–H and O–H groups in total. The smallest absolute Gasteiger partial charge is 0.0350 e. The number of hydrogen-bond acceptors (Lipinski definition) is 2. The second kappa shape index (κ2) is 4.43. The van der Waals surface area contributed by atoms with E-state index >= 15 is 0 Å². The molecule has 2 heteroatoms. The second-order valence-corrected chi connectivity index (χ2v) is 5.34. The minimum atomic E-state index is 0.0156. The van der Waals surface area contributed by atoms with E-state index in [1.807, 2.05) is 12.1 Å². The molecular formula is C15H20N2. The highest BCUT2D eigenvalue weighted by Crippen LogP contribution is 2.35. The maximum atomic E-state index is 5.99. The van der Waals surface area contributed by atoms with E-state index in [1.54, 1.807) is 0 Å². The van der Waals surface area contributed by atoms with Crippen LogP contribution in [0.2, 0.25) is 0 Å². The molecule has 1 aromatic rings. The Morgan fingerprint density at radius 3 is 2.65 bits per heavy atom. The van der Waals surface area contributed by atoms with Gasteiger partial charge in [0.15, 0.2) is 0 Å². The van der Waals surface area contributed by atoms with Crippen LogP contribution in [0.4, 0.5) is 5.69 Å². The number of nitrogen functional groups attached to an aromatic ring is 1. The van der Waals surface area contributed by atoms with Crippen molar-refractivity contribution in [3.8, 4) is 11.8 Å². The van der Waals surface area contributed by atoms with Crippen molar-refractivity contribution in [2.45, 2.75) is 44.6 Å². The van der Waals surface area contributed by atoms with Crippen molar-refractivity contribution in [1.82, 2.24) is 0 Å². The van der Waals surface area contributed by atoms with Crippen molar-refractivity contribution >= 4 is 5.69 Å². The van der Waals surface area contributed by atoms with Crippen LogP contribution < -0.4 is 11.5 Å². The van der Waals surface area contributed by atoms with Gasteiger partial charge in [0.25, 0.3) is 0 Å². The normalized spacial score (nSPS) is 16.5. The number of benzene rings is 1.